The Kier molecular flexibility index (Phi) is 11.2. The van der Waals surface area contributed by atoms with Crippen molar-refractivity contribution in [2.75, 3.05) is 34.9 Å². The van der Waals surface area contributed by atoms with E-state index >= 15 is 0 Å². The summed E-state index contributed by atoms with van der Waals surface area (Å²) in [5.74, 6) is 2.63. The monoisotopic (exact) mass is 499 g/mol. The van der Waals surface area contributed by atoms with Crippen molar-refractivity contribution >= 4 is 29.9 Å². The van der Waals surface area contributed by atoms with Crippen molar-refractivity contribution in [3.8, 4) is 17.2 Å². The second-order valence-corrected chi connectivity index (χ2v) is 5.98. The van der Waals surface area contributed by atoms with Crippen molar-refractivity contribution in [2.45, 2.75) is 19.4 Å². The van der Waals surface area contributed by atoms with E-state index in [9.17, 15) is 0 Å². The molecule has 0 atom stereocenters. The molecule has 0 unspecified atom stereocenters. The third kappa shape index (κ3) is 7.10. The Morgan fingerprint density at radius 3 is 2.07 bits per heavy atom. The van der Waals surface area contributed by atoms with Crippen molar-refractivity contribution in [3.63, 3.8) is 0 Å². The largest absolute Gasteiger partial charge is 0.493 e. The predicted octanol–water partition coefficient (Wildman–Crippen LogP) is 3.63. The van der Waals surface area contributed by atoms with Gasteiger partial charge in [0.1, 0.15) is 0 Å². The molecule has 0 fully saturated rings. The van der Waals surface area contributed by atoms with Crippen molar-refractivity contribution in [3.05, 3.63) is 53.6 Å². The Balaban J connectivity index is 0.00000392. The summed E-state index contributed by atoms with van der Waals surface area (Å²) in [6.07, 6.45) is 2.08. The van der Waals surface area contributed by atoms with Crippen LogP contribution in [0.5, 0.6) is 17.2 Å². The Morgan fingerprint density at radius 1 is 0.893 bits per heavy atom. The van der Waals surface area contributed by atoms with Gasteiger partial charge in [-0.2, -0.15) is 0 Å². The Morgan fingerprint density at radius 2 is 1.54 bits per heavy atom. The lowest BCUT2D eigenvalue weighted by Gasteiger charge is -2.16. The van der Waals surface area contributed by atoms with Gasteiger partial charge in [-0.3, -0.25) is 4.99 Å². The molecule has 0 radical (unpaired) electrons. The standard InChI is InChI=1S/C21H29N3O3.HI/c1-22-21(23-12-8-11-16-9-6-5-7-10-16)24-15-17-13-18(25-2)20(27-4)19(14-17)26-3;/h5-7,9-10,13-14H,8,11-12,15H2,1-4H3,(H2,22,23,24);1H. The van der Waals surface area contributed by atoms with E-state index in [1.165, 1.54) is 5.56 Å². The quantitative estimate of drug-likeness (QED) is 0.239. The molecule has 0 saturated carbocycles. The maximum Gasteiger partial charge on any atom is 0.203 e. The number of nitrogens with zero attached hydrogens (tertiary/aromatic N) is 1. The van der Waals surface area contributed by atoms with Gasteiger partial charge < -0.3 is 24.8 Å². The van der Waals surface area contributed by atoms with Gasteiger partial charge in [-0.15, -0.1) is 24.0 Å². The van der Waals surface area contributed by atoms with E-state index in [-0.39, 0.29) is 24.0 Å². The zero-order chi connectivity index (χ0) is 19.5. The highest BCUT2D eigenvalue weighted by Crippen LogP contribution is 2.38. The van der Waals surface area contributed by atoms with Crippen molar-refractivity contribution < 1.29 is 14.2 Å². The van der Waals surface area contributed by atoms with Gasteiger partial charge in [0.05, 0.1) is 21.3 Å². The molecule has 0 heterocycles. The molecule has 0 saturated heterocycles. The lowest BCUT2D eigenvalue weighted by atomic mass is 10.1. The molecule has 0 aliphatic rings. The second-order valence-electron chi connectivity index (χ2n) is 5.98. The van der Waals surface area contributed by atoms with Crippen molar-refractivity contribution in [1.82, 2.24) is 10.6 Å². The van der Waals surface area contributed by atoms with E-state index in [4.69, 9.17) is 14.2 Å². The van der Waals surface area contributed by atoms with Gasteiger partial charge in [0.25, 0.3) is 0 Å². The van der Waals surface area contributed by atoms with E-state index in [0.717, 1.165) is 30.9 Å². The SMILES string of the molecule is CN=C(NCCCc1ccccc1)NCc1cc(OC)c(OC)c(OC)c1.I. The number of aryl methyl sites for hydroxylation is 1. The van der Waals surface area contributed by atoms with Gasteiger partial charge in [0.2, 0.25) is 5.75 Å². The van der Waals surface area contributed by atoms with Crippen LogP contribution in [0.3, 0.4) is 0 Å². The highest BCUT2D eigenvalue weighted by Gasteiger charge is 2.13. The molecular formula is C21H30IN3O3. The number of hydrogen-bond acceptors (Lipinski definition) is 4. The summed E-state index contributed by atoms with van der Waals surface area (Å²) in [6.45, 7) is 1.44. The van der Waals surface area contributed by atoms with E-state index in [1.54, 1.807) is 28.4 Å². The second kappa shape index (κ2) is 13.1. The fraction of sp³-hybridized carbons (Fsp3) is 0.381. The predicted molar refractivity (Wildman–Crippen MR) is 124 cm³/mol. The smallest absolute Gasteiger partial charge is 0.203 e. The zero-order valence-electron chi connectivity index (χ0n) is 17.0. The molecule has 2 aromatic rings. The normalized spacial score (nSPS) is 10.6. The molecule has 0 amide bonds. The Labute approximate surface area is 184 Å². The number of rotatable bonds is 9. The van der Waals surface area contributed by atoms with Gasteiger partial charge in [-0.1, -0.05) is 30.3 Å². The van der Waals surface area contributed by atoms with Crippen molar-refractivity contribution in [2.24, 2.45) is 4.99 Å². The third-order valence-electron chi connectivity index (χ3n) is 4.19. The molecule has 2 aromatic carbocycles. The van der Waals surface area contributed by atoms with Crippen LogP contribution in [0.2, 0.25) is 0 Å². The fourth-order valence-electron chi connectivity index (χ4n) is 2.79. The summed E-state index contributed by atoms with van der Waals surface area (Å²) in [5, 5.41) is 6.65. The van der Waals surface area contributed by atoms with Gasteiger partial charge >= 0.3 is 0 Å². The Hall–Kier alpha value is -2.16. The van der Waals surface area contributed by atoms with Gasteiger partial charge in [0.15, 0.2) is 17.5 Å². The maximum atomic E-state index is 5.40. The number of halogens is 1. The molecule has 0 aromatic heterocycles. The molecule has 0 bridgehead atoms. The molecule has 2 N–H and O–H groups in total. The number of aliphatic imine (C=N–C) groups is 1. The van der Waals surface area contributed by atoms with Crippen LogP contribution in [0.1, 0.15) is 17.5 Å². The van der Waals surface area contributed by atoms with Crippen molar-refractivity contribution in [1.29, 1.82) is 0 Å². The number of guanidine groups is 1. The molecule has 2 rings (SSSR count). The molecule has 154 valence electrons. The summed E-state index contributed by atoms with van der Waals surface area (Å²) in [7, 11) is 6.59. The first-order valence-corrected chi connectivity index (χ1v) is 8.99. The zero-order valence-corrected chi connectivity index (χ0v) is 19.3. The molecular weight excluding hydrogens is 469 g/mol. The minimum atomic E-state index is 0. The van der Waals surface area contributed by atoms with Gasteiger partial charge in [-0.05, 0) is 36.1 Å². The molecule has 0 spiro atoms. The molecule has 0 aliphatic heterocycles. The van der Waals surface area contributed by atoms with E-state index in [1.807, 2.05) is 18.2 Å². The number of methoxy groups -OCH3 is 3. The van der Waals surface area contributed by atoms with Crippen LogP contribution in [0.25, 0.3) is 0 Å². The summed E-state index contributed by atoms with van der Waals surface area (Å²) in [5.41, 5.74) is 2.36. The third-order valence-corrected chi connectivity index (χ3v) is 4.19. The van der Waals surface area contributed by atoms with E-state index in [0.29, 0.717) is 23.8 Å². The number of hydrogen-bond donors (Lipinski definition) is 2. The lowest BCUT2D eigenvalue weighted by molar-refractivity contribution is 0.323. The van der Waals surface area contributed by atoms with E-state index in [2.05, 4.69) is 39.9 Å². The van der Waals surface area contributed by atoms with Crippen LogP contribution in [0.4, 0.5) is 0 Å². The highest BCUT2D eigenvalue weighted by atomic mass is 127. The summed E-state index contributed by atoms with van der Waals surface area (Å²) >= 11 is 0. The van der Waals surface area contributed by atoms with Crippen LogP contribution in [0, 0.1) is 0 Å². The average Bonchev–Trinajstić information content (AvgIpc) is 2.73. The first-order chi connectivity index (χ1) is 13.2. The highest BCUT2D eigenvalue weighted by molar-refractivity contribution is 14.0. The van der Waals surface area contributed by atoms with Crippen LogP contribution >= 0.6 is 24.0 Å². The lowest BCUT2D eigenvalue weighted by Crippen LogP contribution is -2.37. The summed E-state index contributed by atoms with van der Waals surface area (Å²) in [6, 6.07) is 14.3. The first-order valence-electron chi connectivity index (χ1n) is 8.99. The number of nitrogens with one attached hydrogen (secondary N) is 2. The number of ether oxygens (including phenoxy) is 3. The van der Waals surface area contributed by atoms with Gasteiger partial charge in [0, 0.05) is 20.1 Å². The van der Waals surface area contributed by atoms with Gasteiger partial charge in [-0.25, -0.2) is 0 Å². The minimum absolute atomic E-state index is 0. The summed E-state index contributed by atoms with van der Waals surface area (Å²) in [4.78, 5) is 4.27. The van der Waals surface area contributed by atoms with Crippen LogP contribution in [-0.2, 0) is 13.0 Å². The molecule has 28 heavy (non-hydrogen) atoms. The summed E-state index contributed by atoms with van der Waals surface area (Å²) < 4.78 is 16.1. The first kappa shape index (κ1) is 23.9. The topological polar surface area (TPSA) is 64.1 Å². The van der Waals surface area contributed by atoms with Crippen LogP contribution in [-0.4, -0.2) is 40.9 Å². The minimum Gasteiger partial charge on any atom is -0.493 e. The van der Waals surface area contributed by atoms with Crippen LogP contribution < -0.4 is 24.8 Å². The van der Waals surface area contributed by atoms with Crippen LogP contribution in [0.15, 0.2) is 47.5 Å². The molecule has 0 aliphatic carbocycles. The molecule has 6 nitrogen and oxygen atoms in total. The number of benzene rings is 2. The fourth-order valence-corrected chi connectivity index (χ4v) is 2.79. The Bertz CT molecular complexity index is 714. The van der Waals surface area contributed by atoms with E-state index < -0.39 is 0 Å². The molecule has 7 heteroatoms. The maximum absolute atomic E-state index is 5.40. The average molecular weight is 499 g/mol.